The summed E-state index contributed by atoms with van der Waals surface area (Å²) in [7, 11) is -3.99. The highest BCUT2D eigenvalue weighted by Crippen LogP contribution is 2.25. The predicted molar refractivity (Wildman–Crippen MR) is 43.5 cm³/mol. The molecule has 1 aliphatic rings. The van der Waals surface area contributed by atoms with Crippen molar-refractivity contribution in [1.82, 2.24) is 0 Å². The molecule has 1 aliphatic heterocycles. The Morgan fingerprint density at radius 1 is 1.38 bits per heavy atom. The van der Waals surface area contributed by atoms with Crippen LogP contribution in [0.1, 0.15) is 5.56 Å². The van der Waals surface area contributed by atoms with Crippen molar-refractivity contribution in [3.8, 4) is 5.75 Å². The molecule has 0 unspecified atom stereocenters. The van der Waals surface area contributed by atoms with Gasteiger partial charge in [0, 0.05) is 5.56 Å². The number of halogens is 1. The van der Waals surface area contributed by atoms with Crippen LogP contribution in [-0.4, -0.2) is 14.6 Å². The lowest BCUT2D eigenvalue weighted by atomic mass is 10.2. The Balaban J connectivity index is 2.67. The van der Waals surface area contributed by atoms with Crippen LogP contribution in [0, 0.1) is 5.82 Å². The fourth-order valence-electron chi connectivity index (χ4n) is 0.963. The van der Waals surface area contributed by atoms with Crippen LogP contribution >= 0.6 is 0 Å². The highest BCUT2D eigenvalue weighted by atomic mass is 32.2. The summed E-state index contributed by atoms with van der Waals surface area (Å²) in [5.74, 6) is -1.01. The molecule has 0 radical (unpaired) electrons. The van der Waals surface area contributed by atoms with Crippen LogP contribution in [-0.2, 0) is 10.3 Å². The number of nitrogens with zero attached hydrogens (tertiary/aromatic N) is 1. The minimum absolute atomic E-state index is 0.294. The zero-order valence-corrected chi connectivity index (χ0v) is 7.08. The summed E-state index contributed by atoms with van der Waals surface area (Å²) in [6.45, 7) is 0. The molecule has 0 spiro atoms. The predicted octanol–water partition coefficient (Wildman–Crippen LogP) is 0.882. The van der Waals surface area contributed by atoms with Crippen LogP contribution in [0.5, 0.6) is 5.75 Å². The number of hydrogen-bond acceptors (Lipinski definition) is 3. The zero-order valence-electron chi connectivity index (χ0n) is 6.27. The third kappa shape index (κ3) is 1.40. The average Bonchev–Trinajstić information content (AvgIpc) is 2.06. The molecular weight excluding hydrogens is 197 g/mol. The van der Waals surface area contributed by atoms with Gasteiger partial charge in [-0.25, -0.2) is 4.39 Å². The maximum Gasteiger partial charge on any atom is 0.428 e. The minimum Gasteiger partial charge on any atom is -0.362 e. The van der Waals surface area contributed by atoms with Gasteiger partial charge in [0.15, 0.2) is 11.6 Å². The topological polar surface area (TPSA) is 55.7 Å². The van der Waals surface area contributed by atoms with Crippen LogP contribution < -0.4 is 4.18 Å². The first-order valence-corrected chi connectivity index (χ1v) is 4.73. The largest absolute Gasteiger partial charge is 0.428 e. The van der Waals surface area contributed by atoms with E-state index in [1.807, 2.05) is 0 Å². The monoisotopic (exact) mass is 201 g/mol. The van der Waals surface area contributed by atoms with E-state index in [1.54, 1.807) is 0 Å². The first kappa shape index (κ1) is 8.18. The van der Waals surface area contributed by atoms with Crippen molar-refractivity contribution in [2.24, 2.45) is 4.40 Å². The molecule has 1 heterocycles. The Labute approximate surface area is 73.9 Å². The van der Waals surface area contributed by atoms with Gasteiger partial charge < -0.3 is 4.18 Å². The lowest BCUT2D eigenvalue weighted by Gasteiger charge is -2.10. The number of fused-ring (bicyclic) bond motifs is 1. The molecule has 0 amide bonds. The molecule has 68 valence electrons. The quantitative estimate of drug-likeness (QED) is 0.626. The molecule has 0 atom stereocenters. The molecule has 0 N–H and O–H groups in total. The van der Waals surface area contributed by atoms with Crippen LogP contribution in [0.3, 0.4) is 0 Å². The van der Waals surface area contributed by atoms with E-state index in [-0.39, 0.29) is 5.75 Å². The van der Waals surface area contributed by atoms with Gasteiger partial charge >= 0.3 is 10.3 Å². The lowest BCUT2D eigenvalue weighted by Crippen LogP contribution is -2.13. The number of para-hydroxylation sites is 1. The van der Waals surface area contributed by atoms with E-state index in [9.17, 15) is 12.8 Å². The smallest absolute Gasteiger partial charge is 0.362 e. The van der Waals surface area contributed by atoms with Crippen molar-refractivity contribution in [2.45, 2.75) is 0 Å². The van der Waals surface area contributed by atoms with Gasteiger partial charge in [0.1, 0.15) is 0 Å². The standard InChI is InChI=1S/C7H4FNO3S/c8-6-3-1-2-5-4-9-13(10,11)12-7(5)6/h1-4H. The fourth-order valence-corrected chi connectivity index (χ4v) is 1.64. The summed E-state index contributed by atoms with van der Waals surface area (Å²) in [6.07, 6.45) is 1.05. The van der Waals surface area contributed by atoms with E-state index in [2.05, 4.69) is 8.58 Å². The van der Waals surface area contributed by atoms with E-state index in [0.717, 1.165) is 12.3 Å². The van der Waals surface area contributed by atoms with E-state index >= 15 is 0 Å². The van der Waals surface area contributed by atoms with E-state index in [0.29, 0.717) is 5.56 Å². The summed E-state index contributed by atoms with van der Waals surface area (Å²) < 4.78 is 42.0. The molecule has 6 heteroatoms. The summed E-state index contributed by atoms with van der Waals surface area (Å²) in [5, 5.41) is 0. The number of hydrogen-bond donors (Lipinski definition) is 0. The number of rotatable bonds is 0. The van der Waals surface area contributed by atoms with Gasteiger partial charge in [-0.1, -0.05) is 6.07 Å². The molecule has 0 aromatic heterocycles. The van der Waals surface area contributed by atoms with Gasteiger partial charge in [0.2, 0.25) is 0 Å². The average molecular weight is 201 g/mol. The van der Waals surface area contributed by atoms with Crippen molar-refractivity contribution in [3.05, 3.63) is 29.6 Å². The maximum absolute atomic E-state index is 13.0. The minimum atomic E-state index is -3.99. The normalized spacial score (nSPS) is 17.6. The fraction of sp³-hybridized carbons (Fsp3) is 0. The molecule has 1 aromatic rings. The highest BCUT2D eigenvalue weighted by molar-refractivity contribution is 7.86. The van der Waals surface area contributed by atoms with Crippen molar-refractivity contribution < 1.29 is 17.0 Å². The lowest BCUT2D eigenvalue weighted by molar-refractivity contribution is 0.460. The first-order chi connectivity index (χ1) is 6.08. The van der Waals surface area contributed by atoms with Gasteiger partial charge in [-0.2, -0.15) is 8.42 Å². The second-order valence-corrected chi connectivity index (χ2v) is 3.64. The molecule has 1 aromatic carbocycles. The van der Waals surface area contributed by atoms with Gasteiger partial charge in [-0.15, -0.1) is 4.40 Å². The molecule has 0 fully saturated rings. The van der Waals surface area contributed by atoms with Gasteiger partial charge in [0.05, 0.1) is 6.21 Å². The van der Waals surface area contributed by atoms with Crippen LogP contribution in [0.4, 0.5) is 4.39 Å². The highest BCUT2D eigenvalue weighted by Gasteiger charge is 2.21. The van der Waals surface area contributed by atoms with Crippen LogP contribution in [0.2, 0.25) is 0 Å². The van der Waals surface area contributed by atoms with Crippen molar-refractivity contribution in [2.75, 3.05) is 0 Å². The van der Waals surface area contributed by atoms with Crippen LogP contribution in [0.25, 0.3) is 0 Å². The Hall–Kier alpha value is -1.43. The maximum atomic E-state index is 13.0. The first-order valence-electron chi connectivity index (χ1n) is 3.37. The molecule has 4 nitrogen and oxygen atoms in total. The summed E-state index contributed by atoms with van der Waals surface area (Å²) in [4.78, 5) is 0. The third-order valence-electron chi connectivity index (χ3n) is 1.51. The Kier molecular flexibility index (Phi) is 1.59. The van der Waals surface area contributed by atoms with Gasteiger partial charge in [-0.3, -0.25) is 0 Å². The van der Waals surface area contributed by atoms with Gasteiger partial charge in [-0.05, 0) is 12.1 Å². The van der Waals surface area contributed by atoms with Crippen LogP contribution in [0.15, 0.2) is 22.6 Å². The molecule has 0 bridgehead atoms. The summed E-state index contributed by atoms with van der Waals surface area (Å²) >= 11 is 0. The SMILES string of the molecule is O=S1(=O)N=Cc2cccc(F)c2O1. The van der Waals surface area contributed by atoms with Crippen molar-refractivity contribution >= 4 is 16.5 Å². The summed E-state index contributed by atoms with van der Waals surface area (Å²) in [6, 6.07) is 4.07. The summed E-state index contributed by atoms with van der Waals surface area (Å²) in [5.41, 5.74) is 0.315. The third-order valence-corrected chi connectivity index (χ3v) is 2.25. The molecule has 2 rings (SSSR count). The molecule has 13 heavy (non-hydrogen) atoms. The van der Waals surface area contributed by atoms with E-state index in [1.165, 1.54) is 12.1 Å². The van der Waals surface area contributed by atoms with E-state index in [4.69, 9.17) is 0 Å². The Morgan fingerprint density at radius 3 is 2.92 bits per heavy atom. The van der Waals surface area contributed by atoms with Crippen molar-refractivity contribution in [1.29, 1.82) is 0 Å². The molecular formula is C7H4FNO3S. The molecule has 0 saturated heterocycles. The second-order valence-electron chi connectivity index (χ2n) is 2.40. The van der Waals surface area contributed by atoms with Gasteiger partial charge in [0.25, 0.3) is 0 Å². The molecule has 0 saturated carbocycles. The number of benzene rings is 1. The van der Waals surface area contributed by atoms with Crippen molar-refractivity contribution in [3.63, 3.8) is 0 Å². The second kappa shape index (κ2) is 2.53. The Bertz CT molecular complexity index is 481. The van der Waals surface area contributed by atoms with E-state index < -0.39 is 16.1 Å². The Morgan fingerprint density at radius 2 is 2.15 bits per heavy atom. The zero-order chi connectivity index (χ0) is 9.47. The molecule has 0 aliphatic carbocycles.